The van der Waals surface area contributed by atoms with Crippen LogP contribution in [0.3, 0.4) is 0 Å². The maximum atomic E-state index is 5.76. The summed E-state index contributed by atoms with van der Waals surface area (Å²) in [5, 5.41) is 8.60. The number of hydrogen-bond acceptors (Lipinski definition) is 4. The van der Waals surface area contributed by atoms with E-state index in [1.54, 1.807) is 28.4 Å². The quantitative estimate of drug-likeness (QED) is 0.870. The lowest BCUT2D eigenvalue weighted by Gasteiger charge is -1.92. The molecule has 2 aromatic heterocycles. The van der Waals surface area contributed by atoms with Gasteiger partial charge in [0.1, 0.15) is 0 Å². The van der Waals surface area contributed by atoms with E-state index in [2.05, 4.69) is 15.4 Å². The van der Waals surface area contributed by atoms with Gasteiger partial charge in [-0.05, 0) is 7.05 Å². The van der Waals surface area contributed by atoms with Gasteiger partial charge in [0.15, 0.2) is 0 Å². The highest BCUT2D eigenvalue weighted by Gasteiger charge is 2.04. The smallest absolute Gasteiger partial charge is 0.210 e. The third-order valence-corrected chi connectivity index (χ3v) is 2.82. The molecule has 0 unspecified atom stereocenters. The maximum Gasteiger partial charge on any atom is 0.210 e. The minimum Gasteiger partial charge on any atom is -0.315 e. The first kappa shape index (κ1) is 9.64. The zero-order valence-electron chi connectivity index (χ0n) is 7.57. The van der Waals surface area contributed by atoms with E-state index in [9.17, 15) is 0 Å². The molecule has 0 radical (unpaired) electrons. The molecule has 0 aliphatic carbocycles. The van der Waals surface area contributed by atoms with Crippen LogP contribution in [0.1, 0.15) is 4.88 Å². The van der Waals surface area contributed by atoms with Crippen LogP contribution in [0.5, 0.6) is 0 Å². The number of nitrogens with one attached hydrogen (secondary N) is 1. The van der Waals surface area contributed by atoms with Crippen molar-refractivity contribution in [3.05, 3.63) is 28.5 Å². The summed E-state index contributed by atoms with van der Waals surface area (Å²) in [4.78, 5) is 5.41. The SMILES string of the molecule is CNCc1cnc(-n2cc(Cl)cn2)s1. The van der Waals surface area contributed by atoms with Crippen LogP contribution in [-0.4, -0.2) is 21.8 Å². The second-order valence-electron chi connectivity index (χ2n) is 2.74. The number of hydrogen-bond donors (Lipinski definition) is 1. The minimum atomic E-state index is 0.621. The predicted octanol–water partition coefficient (Wildman–Crippen LogP) is 1.70. The van der Waals surface area contributed by atoms with Gasteiger partial charge in [-0.25, -0.2) is 9.67 Å². The van der Waals surface area contributed by atoms with Crippen LogP contribution in [0.2, 0.25) is 5.02 Å². The fourth-order valence-corrected chi connectivity index (χ4v) is 2.06. The third-order valence-electron chi connectivity index (χ3n) is 1.64. The molecule has 1 N–H and O–H groups in total. The van der Waals surface area contributed by atoms with Crippen molar-refractivity contribution in [2.75, 3.05) is 7.05 Å². The van der Waals surface area contributed by atoms with Crippen LogP contribution >= 0.6 is 22.9 Å². The average molecular weight is 229 g/mol. The first-order chi connectivity index (χ1) is 6.79. The van der Waals surface area contributed by atoms with Crippen molar-refractivity contribution in [1.29, 1.82) is 0 Å². The molecule has 2 aromatic rings. The normalized spacial score (nSPS) is 10.7. The molecule has 0 bridgehead atoms. The van der Waals surface area contributed by atoms with Crippen molar-refractivity contribution in [2.45, 2.75) is 6.54 Å². The number of aromatic nitrogens is 3. The fraction of sp³-hybridized carbons (Fsp3) is 0.250. The van der Waals surface area contributed by atoms with Gasteiger partial charge in [0, 0.05) is 17.6 Å². The Balaban J connectivity index is 2.24. The summed E-state index contributed by atoms with van der Waals surface area (Å²) in [5.41, 5.74) is 0. The molecule has 0 spiro atoms. The van der Waals surface area contributed by atoms with E-state index in [1.165, 1.54) is 4.88 Å². The van der Waals surface area contributed by atoms with Crippen LogP contribution in [-0.2, 0) is 6.54 Å². The Bertz CT molecular complexity index is 422. The number of thiazole rings is 1. The van der Waals surface area contributed by atoms with E-state index in [1.807, 2.05) is 13.2 Å². The topological polar surface area (TPSA) is 42.7 Å². The largest absolute Gasteiger partial charge is 0.315 e. The lowest BCUT2D eigenvalue weighted by atomic mass is 10.5. The molecular formula is C8H9ClN4S. The zero-order valence-corrected chi connectivity index (χ0v) is 9.14. The highest BCUT2D eigenvalue weighted by molar-refractivity contribution is 7.14. The van der Waals surface area contributed by atoms with E-state index < -0.39 is 0 Å². The first-order valence-electron chi connectivity index (χ1n) is 4.09. The molecule has 0 saturated carbocycles. The molecule has 2 rings (SSSR count). The van der Waals surface area contributed by atoms with Crippen molar-refractivity contribution in [3.8, 4) is 5.13 Å². The van der Waals surface area contributed by atoms with E-state index in [0.717, 1.165) is 11.7 Å². The molecule has 2 heterocycles. The van der Waals surface area contributed by atoms with Gasteiger partial charge in [-0.3, -0.25) is 0 Å². The Labute approximate surface area is 90.5 Å². The molecule has 4 nitrogen and oxygen atoms in total. The summed E-state index contributed by atoms with van der Waals surface area (Å²) in [7, 11) is 1.91. The summed E-state index contributed by atoms with van der Waals surface area (Å²) in [6.07, 6.45) is 5.18. The fourth-order valence-electron chi connectivity index (χ4n) is 1.06. The van der Waals surface area contributed by atoms with Crippen LogP contribution in [0.15, 0.2) is 18.6 Å². The summed E-state index contributed by atoms with van der Waals surface area (Å²) in [6.45, 7) is 0.826. The molecule has 0 saturated heterocycles. The van der Waals surface area contributed by atoms with E-state index >= 15 is 0 Å². The molecule has 6 heteroatoms. The highest BCUT2D eigenvalue weighted by atomic mass is 35.5. The summed E-state index contributed by atoms with van der Waals surface area (Å²) in [5.74, 6) is 0. The monoisotopic (exact) mass is 228 g/mol. The molecule has 14 heavy (non-hydrogen) atoms. The molecule has 0 amide bonds. The maximum absolute atomic E-state index is 5.76. The molecule has 0 atom stereocenters. The number of nitrogens with zero attached hydrogens (tertiary/aromatic N) is 3. The van der Waals surface area contributed by atoms with Crippen LogP contribution in [0.25, 0.3) is 5.13 Å². The van der Waals surface area contributed by atoms with Gasteiger partial charge in [-0.2, -0.15) is 5.10 Å². The van der Waals surface area contributed by atoms with Gasteiger partial charge >= 0.3 is 0 Å². The highest BCUT2D eigenvalue weighted by Crippen LogP contribution is 2.18. The first-order valence-corrected chi connectivity index (χ1v) is 5.29. The van der Waals surface area contributed by atoms with Gasteiger partial charge in [0.05, 0.1) is 17.4 Å². The Morgan fingerprint density at radius 2 is 2.43 bits per heavy atom. The second-order valence-corrected chi connectivity index (χ2v) is 4.27. The van der Waals surface area contributed by atoms with Gasteiger partial charge in [-0.1, -0.05) is 22.9 Å². The van der Waals surface area contributed by atoms with Crippen molar-refractivity contribution in [3.63, 3.8) is 0 Å². The summed E-state index contributed by atoms with van der Waals surface area (Å²) in [6, 6.07) is 0. The zero-order chi connectivity index (χ0) is 9.97. The summed E-state index contributed by atoms with van der Waals surface area (Å²) < 4.78 is 1.67. The molecule has 0 fully saturated rings. The van der Waals surface area contributed by atoms with E-state index in [4.69, 9.17) is 11.6 Å². The number of halogens is 1. The van der Waals surface area contributed by atoms with E-state index in [0.29, 0.717) is 5.02 Å². The molecule has 74 valence electrons. The Kier molecular flexibility index (Phi) is 2.81. The summed E-state index contributed by atoms with van der Waals surface area (Å²) >= 11 is 7.35. The number of rotatable bonds is 3. The Morgan fingerprint density at radius 1 is 1.57 bits per heavy atom. The van der Waals surface area contributed by atoms with E-state index in [-0.39, 0.29) is 0 Å². The Hall–Kier alpha value is -0.910. The van der Waals surface area contributed by atoms with Crippen molar-refractivity contribution in [1.82, 2.24) is 20.1 Å². The second kappa shape index (κ2) is 4.08. The third kappa shape index (κ3) is 1.95. The van der Waals surface area contributed by atoms with Crippen molar-refractivity contribution in [2.24, 2.45) is 0 Å². The van der Waals surface area contributed by atoms with Crippen LogP contribution in [0.4, 0.5) is 0 Å². The van der Waals surface area contributed by atoms with Crippen molar-refractivity contribution >= 4 is 22.9 Å². The molecule has 0 aliphatic rings. The molecule has 0 aliphatic heterocycles. The lowest BCUT2D eigenvalue weighted by molar-refractivity contribution is 0.828. The molecular weight excluding hydrogens is 220 g/mol. The van der Waals surface area contributed by atoms with Crippen LogP contribution < -0.4 is 5.32 Å². The van der Waals surface area contributed by atoms with Gasteiger partial charge < -0.3 is 5.32 Å². The van der Waals surface area contributed by atoms with Gasteiger partial charge in [-0.15, -0.1) is 0 Å². The lowest BCUT2D eigenvalue weighted by Crippen LogP contribution is -2.02. The Morgan fingerprint density at radius 3 is 3.07 bits per heavy atom. The van der Waals surface area contributed by atoms with Crippen molar-refractivity contribution < 1.29 is 0 Å². The standard InChI is InChI=1S/C8H9ClN4S/c1-10-3-7-4-11-8(14-7)13-5-6(9)2-12-13/h2,4-5,10H,3H2,1H3. The predicted molar refractivity (Wildman–Crippen MR) is 57.0 cm³/mol. The van der Waals surface area contributed by atoms with Gasteiger partial charge in [0.25, 0.3) is 0 Å². The van der Waals surface area contributed by atoms with Gasteiger partial charge in [0.2, 0.25) is 5.13 Å². The van der Waals surface area contributed by atoms with Crippen LogP contribution in [0, 0.1) is 0 Å². The minimum absolute atomic E-state index is 0.621. The average Bonchev–Trinajstić information content (AvgIpc) is 2.74. The molecule has 0 aromatic carbocycles.